The highest BCUT2D eigenvalue weighted by Gasteiger charge is 2.11. The lowest BCUT2D eigenvalue weighted by Crippen LogP contribution is -2.24. The number of hydrogen-bond acceptors (Lipinski definition) is 5. The average Bonchev–Trinajstić information content (AvgIpc) is 2.73. The van der Waals surface area contributed by atoms with Gasteiger partial charge in [0.05, 0.1) is 6.21 Å². The van der Waals surface area contributed by atoms with E-state index in [1.54, 1.807) is 24.3 Å². The number of nitrogens with one attached hydrogen (secondary N) is 1. The summed E-state index contributed by atoms with van der Waals surface area (Å²) in [7, 11) is 0. The number of benzene rings is 3. The van der Waals surface area contributed by atoms with Crippen LogP contribution in [-0.2, 0) is 9.59 Å². The third-order valence-electron chi connectivity index (χ3n) is 4.05. The summed E-state index contributed by atoms with van der Waals surface area (Å²) in [6.07, 6.45) is 0.538. The molecule has 0 saturated carbocycles. The van der Waals surface area contributed by atoms with Crippen molar-refractivity contribution in [1.29, 1.82) is 0 Å². The lowest BCUT2D eigenvalue weighted by Gasteiger charge is -2.10. The number of rotatable bonds is 8. The molecule has 3 aromatic rings. The quantitative estimate of drug-likeness (QED) is 0.453. The number of ether oxygens (including phenoxy) is 2. The summed E-state index contributed by atoms with van der Waals surface area (Å²) in [6, 6.07) is 20.1. The van der Waals surface area contributed by atoms with Gasteiger partial charge in [0.15, 0.2) is 12.7 Å². The van der Waals surface area contributed by atoms with Crippen molar-refractivity contribution >= 4 is 28.9 Å². The van der Waals surface area contributed by atoms with E-state index in [1.165, 1.54) is 13.1 Å². The molecule has 0 aromatic heterocycles. The molecule has 2 N–H and O–H groups in total. The fraction of sp³-hybridized carbons (Fsp3) is 0.136. The Hall–Kier alpha value is -3.87. The molecule has 0 radical (unpaired) electrons. The minimum Gasteiger partial charge on any atom is -0.483 e. The normalized spacial score (nSPS) is 11.9. The molecule has 0 aliphatic heterocycles. The molecule has 3 rings (SSSR count). The Morgan fingerprint density at radius 2 is 1.79 bits per heavy atom. The number of aliphatic carboxylic acids is 1. The molecule has 7 nitrogen and oxygen atoms in total. The van der Waals surface area contributed by atoms with Crippen molar-refractivity contribution < 1.29 is 24.2 Å². The van der Waals surface area contributed by atoms with Crippen LogP contribution in [0.5, 0.6) is 11.5 Å². The van der Waals surface area contributed by atoms with E-state index in [2.05, 4.69) is 10.5 Å². The van der Waals surface area contributed by atoms with Crippen molar-refractivity contribution in [3.63, 3.8) is 0 Å². The lowest BCUT2D eigenvalue weighted by atomic mass is 10.1. The minimum atomic E-state index is -1.04. The van der Waals surface area contributed by atoms with Gasteiger partial charge in [0.2, 0.25) is 0 Å². The van der Waals surface area contributed by atoms with Gasteiger partial charge in [-0.15, -0.1) is 0 Å². The monoisotopic (exact) mass is 392 g/mol. The zero-order valence-electron chi connectivity index (χ0n) is 15.7. The number of carbonyl (C=O) groups excluding carboxylic acids is 1. The van der Waals surface area contributed by atoms with Crippen LogP contribution >= 0.6 is 0 Å². The number of carboxylic acids is 1. The number of carbonyl (C=O) groups is 2. The molecular formula is C22H20N2O5. The average molecular weight is 392 g/mol. The Bertz CT molecular complexity index is 1030. The maximum Gasteiger partial charge on any atom is 0.344 e. The largest absolute Gasteiger partial charge is 0.483 e. The maximum atomic E-state index is 12.0. The molecule has 0 fully saturated rings. The number of fused-ring (bicyclic) bond motifs is 1. The Morgan fingerprint density at radius 3 is 2.55 bits per heavy atom. The first-order valence-electron chi connectivity index (χ1n) is 8.95. The maximum absolute atomic E-state index is 12.0. The summed E-state index contributed by atoms with van der Waals surface area (Å²) in [4.78, 5) is 22.7. The third-order valence-corrected chi connectivity index (χ3v) is 4.05. The molecule has 1 atom stereocenters. The second-order valence-electron chi connectivity index (χ2n) is 6.23. The molecule has 0 aliphatic carbocycles. The summed E-state index contributed by atoms with van der Waals surface area (Å²) < 4.78 is 10.9. The molecule has 1 amide bonds. The Balaban J connectivity index is 1.50. The summed E-state index contributed by atoms with van der Waals surface area (Å²) in [5.74, 6) is -0.355. The Morgan fingerprint density at radius 1 is 1.07 bits per heavy atom. The van der Waals surface area contributed by atoms with Crippen LogP contribution in [0.25, 0.3) is 10.8 Å². The predicted molar refractivity (Wildman–Crippen MR) is 109 cm³/mol. The Labute approximate surface area is 167 Å². The van der Waals surface area contributed by atoms with Gasteiger partial charge in [-0.3, -0.25) is 4.79 Å². The highest BCUT2D eigenvalue weighted by atomic mass is 16.5. The second kappa shape index (κ2) is 9.36. The van der Waals surface area contributed by atoms with Gasteiger partial charge in [-0.05, 0) is 48.2 Å². The molecule has 0 spiro atoms. The van der Waals surface area contributed by atoms with Gasteiger partial charge in [0.1, 0.15) is 11.5 Å². The van der Waals surface area contributed by atoms with Crippen LogP contribution in [0.2, 0.25) is 0 Å². The van der Waals surface area contributed by atoms with Crippen LogP contribution in [0.3, 0.4) is 0 Å². The highest BCUT2D eigenvalue weighted by molar-refractivity contribution is 5.89. The number of hydrazone groups is 1. The lowest BCUT2D eigenvalue weighted by molar-refractivity contribution is -0.144. The van der Waals surface area contributed by atoms with Crippen LogP contribution in [0.15, 0.2) is 71.8 Å². The van der Waals surface area contributed by atoms with Crippen LogP contribution in [0.1, 0.15) is 12.5 Å². The number of carboxylic acid groups (broad SMARTS) is 1. The second-order valence-corrected chi connectivity index (χ2v) is 6.23. The van der Waals surface area contributed by atoms with Gasteiger partial charge in [-0.2, -0.15) is 5.10 Å². The molecule has 0 bridgehead atoms. The van der Waals surface area contributed by atoms with Crippen molar-refractivity contribution in [2.75, 3.05) is 6.61 Å². The summed E-state index contributed by atoms with van der Waals surface area (Å²) in [6.45, 7) is 1.29. The first-order chi connectivity index (χ1) is 14.0. The van der Waals surface area contributed by atoms with Crippen molar-refractivity contribution in [1.82, 2.24) is 5.43 Å². The molecule has 3 aromatic carbocycles. The van der Waals surface area contributed by atoms with Gasteiger partial charge in [0, 0.05) is 5.39 Å². The van der Waals surface area contributed by atoms with E-state index in [0.29, 0.717) is 11.5 Å². The molecule has 7 heteroatoms. The van der Waals surface area contributed by atoms with Crippen molar-refractivity contribution in [3.8, 4) is 11.5 Å². The van der Waals surface area contributed by atoms with Crippen LogP contribution < -0.4 is 14.9 Å². The van der Waals surface area contributed by atoms with Gasteiger partial charge in [-0.1, -0.05) is 36.4 Å². The zero-order valence-corrected chi connectivity index (χ0v) is 15.7. The molecule has 0 heterocycles. The Kier molecular flexibility index (Phi) is 6.42. The third kappa shape index (κ3) is 5.55. The van der Waals surface area contributed by atoms with Gasteiger partial charge >= 0.3 is 5.97 Å². The van der Waals surface area contributed by atoms with E-state index in [0.717, 1.165) is 16.3 Å². The number of hydrogen-bond donors (Lipinski definition) is 2. The standard InChI is InChI=1S/C22H20N2O5/c1-15(22(26)27)29-18-11-9-16(10-12-18)13-23-24-21(25)14-28-20-8-4-6-17-5-2-3-7-19(17)20/h2-13,15H,14H2,1H3,(H,24,25)(H,26,27)/b23-13+/t15-/m1/s1. The summed E-state index contributed by atoms with van der Waals surface area (Å²) >= 11 is 0. The van der Waals surface area contributed by atoms with E-state index >= 15 is 0 Å². The van der Waals surface area contributed by atoms with Crippen LogP contribution in [0.4, 0.5) is 0 Å². The smallest absolute Gasteiger partial charge is 0.344 e. The van der Waals surface area contributed by atoms with Gasteiger partial charge in [-0.25, -0.2) is 10.2 Å². The van der Waals surface area contributed by atoms with E-state index in [4.69, 9.17) is 14.6 Å². The van der Waals surface area contributed by atoms with Crippen molar-refractivity contribution in [2.24, 2.45) is 5.10 Å². The van der Waals surface area contributed by atoms with E-state index in [9.17, 15) is 9.59 Å². The van der Waals surface area contributed by atoms with E-state index < -0.39 is 12.1 Å². The fourth-order valence-corrected chi connectivity index (χ4v) is 2.56. The first-order valence-corrected chi connectivity index (χ1v) is 8.95. The fourth-order valence-electron chi connectivity index (χ4n) is 2.56. The SMILES string of the molecule is C[C@@H](Oc1ccc(/C=N/NC(=O)COc2cccc3ccccc23)cc1)C(=O)O. The molecule has 0 aliphatic rings. The first kappa shape index (κ1) is 19.9. The minimum absolute atomic E-state index is 0.162. The molecule has 0 saturated heterocycles. The van der Waals surface area contributed by atoms with Crippen molar-refractivity contribution in [2.45, 2.75) is 13.0 Å². The van der Waals surface area contributed by atoms with Crippen molar-refractivity contribution in [3.05, 3.63) is 72.3 Å². The van der Waals surface area contributed by atoms with Gasteiger partial charge < -0.3 is 14.6 Å². The zero-order chi connectivity index (χ0) is 20.6. The molecule has 0 unspecified atom stereocenters. The highest BCUT2D eigenvalue weighted by Crippen LogP contribution is 2.24. The number of nitrogens with zero attached hydrogens (tertiary/aromatic N) is 1. The number of amides is 1. The molecule has 148 valence electrons. The van der Waals surface area contributed by atoms with Gasteiger partial charge in [0.25, 0.3) is 5.91 Å². The summed E-state index contributed by atoms with van der Waals surface area (Å²) in [5.41, 5.74) is 3.13. The summed E-state index contributed by atoms with van der Waals surface area (Å²) in [5, 5.41) is 14.7. The predicted octanol–water partition coefficient (Wildman–Crippen LogP) is 3.22. The van der Waals surface area contributed by atoms with E-state index in [-0.39, 0.29) is 12.5 Å². The molecular weight excluding hydrogens is 372 g/mol. The van der Waals surface area contributed by atoms with Crippen LogP contribution in [-0.4, -0.2) is 35.9 Å². The van der Waals surface area contributed by atoms with E-state index in [1.807, 2.05) is 42.5 Å². The van der Waals surface area contributed by atoms with Crippen LogP contribution in [0, 0.1) is 0 Å². The topological polar surface area (TPSA) is 97.2 Å². The molecule has 29 heavy (non-hydrogen) atoms.